The van der Waals surface area contributed by atoms with Gasteiger partial charge in [-0.3, -0.25) is 9.69 Å². The number of imide groups is 1. The van der Waals surface area contributed by atoms with Crippen molar-refractivity contribution in [2.75, 3.05) is 19.8 Å². The number of para-hydroxylation sites is 1. The maximum Gasteiger partial charge on any atom is 0.325 e. The lowest BCUT2D eigenvalue weighted by Gasteiger charge is -2.32. The molecule has 3 aromatic rings. The molecular formula is C23H24N4O2S. The first-order valence-corrected chi connectivity index (χ1v) is 11.2. The largest absolute Gasteiger partial charge is 0.325 e. The number of likely N-dealkylation sites (tertiary alicyclic amines) is 1. The SMILES string of the molecule is O=C1NC(Cc2ccccc2)C(=O)N1CN1CCC(c2nc3ccccc3s2)CC1. The Morgan fingerprint density at radius 1 is 1.00 bits per heavy atom. The molecule has 1 atom stereocenters. The topological polar surface area (TPSA) is 65.5 Å². The lowest BCUT2D eigenvalue weighted by Crippen LogP contribution is -2.45. The Kier molecular flexibility index (Phi) is 5.23. The number of hydrogen-bond donors (Lipinski definition) is 1. The summed E-state index contributed by atoms with van der Waals surface area (Å²) in [5.74, 6) is 0.324. The predicted molar refractivity (Wildman–Crippen MR) is 117 cm³/mol. The number of fused-ring (bicyclic) bond motifs is 1. The number of carbonyl (C=O) groups excluding carboxylic acids is 2. The Labute approximate surface area is 179 Å². The Morgan fingerprint density at radius 3 is 2.50 bits per heavy atom. The Balaban J connectivity index is 1.18. The molecule has 2 aliphatic rings. The molecule has 3 heterocycles. The van der Waals surface area contributed by atoms with E-state index in [-0.39, 0.29) is 11.9 Å². The Morgan fingerprint density at radius 2 is 1.73 bits per heavy atom. The first kappa shape index (κ1) is 19.2. The number of benzene rings is 2. The van der Waals surface area contributed by atoms with Gasteiger partial charge >= 0.3 is 6.03 Å². The summed E-state index contributed by atoms with van der Waals surface area (Å²) in [4.78, 5) is 33.6. The molecule has 7 heteroatoms. The highest BCUT2D eigenvalue weighted by Gasteiger charge is 2.39. The Hall–Kier alpha value is -2.77. The van der Waals surface area contributed by atoms with Crippen LogP contribution in [0.1, 0.15) is 29.3 Å². The van der Waals surface area contributed by atoms with E-state index in [1.807, 2.05) is 36.4 Å². The van der Waals surface area contributed by atoms with Gasteiger partial charge in [-0.25, -0.2) is 14.7 Å². The molecule has 0 bridgehead atoms. The number of rotatable bonds is 5. The van der Waals surface area contributed by atoms with Crippen molar-refractivity contribution in [3.63, 3.8) is 0 Å². The van der Waals surface area contributed by atoms with Crippen LogP contribution in [0.15, 0.2) is 54.6 Å². The van der Waals surface area contributed by atoms with E-state index in [0.717, 1.165) is 37.0 Å². The number of carbonyl (C=O) groups is 2. The van der Waals surface area contributed by atoms with Gasteiger partial charge in [0.15, 0.2) is 0 Å². The summed E-state index contributed by atoms with van der Waals surface area (Å²) in [6, 6.07) is 17.3. The van der Waals surface area contributed by atoms with Crippen molar-refractivity contribution in [3.05, 3.63) is 65.2 Å². The normalized spacial score (nSPS) is 20.8. The smallest absolute Gasteiger partial charge is 0.325 e. The van der Waals surface area contributed by atoms with Crippen LogP contribution in [0.3, 0.4) is 0 Å². The maximum atomic E-state index is 12.8. The third-order valence-corrected chi connectivity index (χ3v) is 7.18. The van der Waals surface area contributed by atoms with Crippen molar-refractivity contribution >= 4 is 33.5 Å². The van der Waals surface area contributed by atoms with E-state index in [1.54, 1.807) is 11.3 Å². The van der Waals surface area contributed by atoms with E-state index in [1.165, 1.54) is 14.6 Å². The zero-order chi connectivity index (χ0) is 20.5. The molecule has 1 unspecified atom stereocenters. The minimum Gasteiger partial charge on any atom is -0.325 e. The first-order chi connectivity index (χ1) is 14.7. The average molecular weight is 421 g/mol. The molecule has 154 valence electrons. The van der Waals surface area contributed by atoms with Gasteiger partial charge in [0.05, 0.1) is 21.9 Å². The second-order valence-corrected chi connectivity index (χ2v) is 9.07. The molecule has 0 saturated carbocycles. The van der Waals surface area contributed by atoms with Crippen LogP contribution in [0.25, 0.3) is 10.2 Å². The van der Waals surface area contributed by atoms with Gasteiger partial charge in [-0.2, -0.15) is 0 Å². The average Bonchev–Trinajstić information content (AvgIpc) is 3.32. The highest BCUT2D eigenvalue weighted by atomic mass is 32.1. The van der Waals surface area contributed by atoms with E-state index in [0.29, 0.717) is 19.0 Å². The second-order valence-electron chi connectivity index (χ2n) is 8.01. The molecule has 0 radical (unpaired) electrons. The zero-order valence-electron chi connectivity index (χ0n) is 16.7. The van der Waals surface area contributed by atoms with Gasteiger partial charge < -0.3 is 5.32 Å². The quantitative estimate of drug-likeness (QED) is 0.641. The van der Waals surface area contributed by atoms with Gasteiger partial charge in [0, 0.05) is 25.4 Å². The lowest BCUT2D eigenvalue weighted by atomic mass is 9.98. The van der Waals surface area contributed by atoms with E-state index in [4.69, 9.17) is 4.98 Å². The number of hydrogen-bond acceptors (Lipinski definition) is 5. The molecule has 30 heavy (non-hydrogen) atoms. The molecule has 1 N–H and O–H groups in total. The highest BCUT2D eigenvalue weighted by molar-refractivity contribution is 7.18. The second kappa shape index (κ2) is 8.16. The Bertz CT molecular complexity index is 1030. The third-order valence-electron chi connectivity index (χ3n) is 5.98. The fourth-order valence-electron chi connectivity index (χ4n) is 4.28. The van der Waals surface area contributed by atoms with Gasteiger partial charge in [-0.15, -0.1) is 11.3 Å². The van der Waals surface area contributed by atoms with Crippen molar-refractivity contribution in [1.82, 2.24) is 20.1 Å². The van der Waals surface area contributed by atoms with Crippen molar-refractivity contribution in [3.8, 4) is 0 Å². The maximum absolute atomic E-state index is 12.8. The van der Waals surface area contributed by atoms with Gasteiger partial charge in [0.1, 0.15) is 6.04 Å². The van der Waals surface area contributed by atoms with Gasteiger partial charge in [0.2, 0.25) is 0 Å². The molecule has 2 saturated heterocycles. The van der Waals surface area contributed by atoms with Gasteiger partial charge in [-0.1, -0.05) is 42.5 Å². The lowest BCUT2D eigenvalue weighted by molar-refractivity contribution is -0.129. The van der Waals surface area contributed by atoms with E-state index in [2.05, 4.69) is 28.4 Å². The molecular weight excluding hydrogens is 396 g/mol. The number of piperidine rings is 1. The molecule has 2 aliphatic heterocycles. The summed E-state index contributed by atoms with van der Waals surface area (Å²) < 4.78 is 1.23. The standard InChI is InChI=1S/C23H24N4O2S/c28-22-19(14-16-6-2-1-3-7-16)25-23(29)27(22)15-26-12-10-17(11-13-26)21-24-18-8-4-5-9-20(18)30-21/h1-9,17,19H,10-15H2,(H,25,29). The minimum atomic E-state index is -0.472. The van der Waals surface area contributed by atoms with Crippen molar-refractivity contribution in [1.29, 1.82) is 0 Å². The molecule has 0 aliphatic carbocycles. The summed E-state index contributed by atoms with van der Waals surface area (Å²) in [5, 5.41) is 4.05. The van der Waals surface area contributed by atoms with E-state index in [9.17, 15) is 9.59 Å². The predicted octanol–water partition coefficient (Wildman–Crippen LogP) is 3.60. The molecule has 3 amide bonds. The summed E-state index contributed by atoms with van der Waals surface area (Å²) >= 11 is 1.78. The van der Waals surface area contributed by atoms with Gasteiger partial charge in [-0.05, 0) is 30.5 Å². The zero-order valence-corrected chi connectivity index (χ0v) is 17.5. The minimum absolute atomic E-state index is 0.128. The molecule has 6 nitrogen and oxygen atoms in total. The van der Waals surface area contributed by atoms with Crippen LogP contribution < -0.4 is 5.32 Å². The van der Waals surface area contributed by atoms with Crippen molar-refractivity contribution in [2.24, 2.45) is 0 Å². The van der Waals surface area contributed by atoms with Crippen LogP contribution in [0, 0.1) is 0 Å². The fraction of sp³-hybridized carbons (Fsp3) is 0.348. The number of nitrogens with zero attached hydrogens (tertiary/aromatic N) is 3. The van der Waals surface area contributed by atoms with Crippen LogP contribution >= 0.6 is 11.3 Å². The van der Waals surface area contributed by atoms with Crippen molar-refractivity contribution in [2.45, 2.75) is 31.2 Å². The van der Waals surface area contributed by atoms with Crippen LogP contribution in [0.4, 0.5) is 4.79 Å². The molecule has 0 spiro atoms. The number of nitrogens with one attached hydrogen (secondary N) is 1. The van der Waals surface area contributed by atoms with E-state index >= 15 is 0 Å². The molecule has 5 rings (SSSR count). The third kappa shape index (κ3) is 3.82. The summed E-state index contributed by atoms with van der Waals surface area (Å²) in [5.41, 5.74) is 2.12. The van der Waals surface area contributed by atoms with Crippen LogP contribution in [0.2, 0.25) is 0 Å². The number of amides is 3. The van der Waals surface area contributed by atoms with E-state index < -0.39 is 6.04 Å². The fourth-order valence-corrected chi connectivity index (χ4v) is 5.42. The van der Waals surface area contributed by atoms with Gasteiger partial charge in [0.25, 0.3) is 5.91 Å². The highest BCUT2D eigenvalue weighted by Crippen LogP contribution is 2.33. The number of aromatic nitrogens is 1. The molecule has 2 fully saturated rings. The molecule has 2 aromatic carbocycles. The summed E-state index contributed by atoms with van der Waals surface area (Å²) in [6.45, 7) is 2.09. The molecule has 1 aromatic heterocycles. The number of thiazole rings is 1. The monoisotopic (exact) mass is 420 g/mol. The first-order valence-electron chi connectivity index (χ1n) is 10.4. The summed E-state index contributed by atoms with van der Waals surface area (Å²) in [7, 11) is 0. The van der Waals surface area contributed by atoms with Crippen LogP contribution in [-0.4, -0.2) is 52.5 Å². The van der Waals surface area contributed by atoms with Crippen LogP contribution in [-0.2, 0) is 11.2 Å². The summed E-state index contributed by atoms with van der Waals surface area (Å²) in [6.07, 6.45) is 2.52. The number of urea groups is 1. The van der Waals surface area contributed by atoms with Crippen molar-refractivity contribution < 1.29 is 9.59 Å². The van der Waals surface area contributed by atoms with Crippen LogP contribution in [0.5, 0.6) is 0 Å².